The molecule has 8 heteroatoms. The van der Waals surface area contributed by atoms with Gasteiger partial charge in [0.05, 0.1) is 6.61 Å². The Morgan fingerprint density at radius 3 is 2.77 bits per heavy atom. The highest BCUT2D eigenvalue weighted by atomic mass is 16.6. The van der Waals surface area contributed by atoms with E-state index in [1.807, 2.05) is 0 Å². The summed E-state index contributed by atoms with van der Waals surface area (Å²) in [6.07, 6.45) is -0.490. The van der Waals surface area contributed by atoms with Crippen molar-refractivity contribution in [1.29, 1.82) is 0 Å². The summed E-state index contributed by atoms with van der Waals surface area (Å²) in [5.41, 5.74) is -0.915. The molecule has 4 bridgehead atoms. The molecule has 3 rings (SSSR count). The first-order chi connectivity index (χ1) is 10.6. The van der Waals surface area contributed by atoms with Crippen LogP contribution in [0, 0.1) is 0 Å². The van der Waals surface area contributed by atoms with Crippen LogP contribution in [0.5, 0.6) is 0 Å². The van der Waals surface area contributed by atoms with E-state index in [4.69, 9.17) is 9.47 Å². The molecule has 0 aliphatic carbocycles. The zero-order chi connectivity index (χ0) is 15.7. The molecule has 122 valence electrons. The first-order valence-corrected chi connectivity index (χ1v) is 7.51. The average Bonchev–Trinajstić information content (AvgIpc) is 2.77. The Labute approximate surface area is 126 Å². The van der Waals surface area contributed by atoms with E-state index in [-0.39, 0.29) is 12.2 Å². The lowest BCUT2D eigenvalue weighted by Crippen LogP contribution is -2.43. The Hall–Kier alpha value is -1.48. The molecule has 1 saturated heterocycles. The van der Waals surface area contributed by atoms with Crippen LogP contribution in [-0.4, -0.2) is 50.9 Å². The zero-order valence-corrected chi connectivity index (χ0v) is 12.1. The lowest BCUT2D eigenvalue weighted by Gasteiger charge is -2.18. The molecule has 0 amide bonds. The summed E-state index contributed by atoms with van der Waals surface area (Å²) in [5, 5.41) is 20.2. The molecule has 2 aliphatic rings. The van der Waals surface area contributed by atoms with Crippen molar-refractivity contribution in [3.05, 3.63) is 33.1 Å². The molecule has 2 aliphatic heterocycles. The number of aliphatic hydroxyl groups is 2. The summed E-state index contributed by atoms with van der Waals surface area (Å²) in [4.78, 5) is 24.3. The second-order valence-corrected chi connectivity index (χ2v) is 5.68. The van der Waals surface area contributed by atoms with Gasteiger partial charge in [0.15, 0.2) is 6.23 Å². The van der Waals surface area contributed by atoms with Gasteiger partial charge in [-0.1, -0.05) is 0 Å². The van der Waals surface area contributed by atoms with Gasteiger partial charge in [0.2, 0.25) is 0 Å². The van der Waals surface area contributed by atoms with Crippen LogP contribution < -0.4 is 11.2 Å². The van der Waals surface area contributed by atoms with Crippen molar-refractivity contribution in [2.75, 3.05) is 13.2 Å². The van der Waals surface area contributed by atoms with E-state index in [2.05, 4.69) is 0 Å². The van der Waals surface area contributed by atoms with Gasteiger partial charge < -0.3 is 19.7 Å². The number of fused-ring (bicyclic) bond motifs is 5. The highest BCUT2D eigenvalue weighted by Crippen LogP contribution is 2.28. The first kappa shape index (κ1) is 15.4. The van der Waals surface area contributed by atoms with Crippen molar-refractivity contribution in [2.24, 2.45) is 0 Å². The molecular formula is C14H20N2O6. The molecule has 22 heavy (non-hydrogen) atoms. The molecule has 1 aromatic rings. The van der Waals surface area contributed by atoms with Crippen LogP contribution in [0.1, 0.15) is 25.5 Å². The van der Waals surface area contributed by atoms with Gasteiger partial charge in [0, 0.05) is 25.4 Å². The number of hydrogen-bond acceptors (Lipinski definition) is 6. The predicted octanol–water partition coefficient (Wildman–Crippen LogP) is -1.17. The second-order valence-electron chi connectivity index (χ2n) is 5.68. The van der Waals surface area contributed by atoms with Gasteiger partial charge in [-0.2, -0.15) is 0 Å². The summed E-state index contributed by atoms with van der Waals surface area (Å²) in [6, 6.07) is 1.27. The summed E-state index contributed by atoms with van der Waals surface area (Å²) in [5.74, 6) is 0. The maximum atomic E-state index is 12.5. The predicted molar refractivity (Wildman–Crippen MR) is 75.6 cm³/mol. The fourth-order valence-corrected chi connectivity index (χ4v) is 2.88. The average molecular weight is 312 g/mol. The van der Waals surface area contributed by atoms with Gasteiger partial charge in [-0.25, -0.2) is 4.79 Å². The molecule has 4 atom stereocenters. The quantitative estimate of drug-likeness (QED) is 0.626. The van der Waals surface area contributed by atoms with E-state index in [0.29, 0.717) is 19.6 Å². The summed E-state index contributed by atoms with van der Waals surface area (Å²) in [6.45, 7) is 0.980. The Kier molecular flexibility index (Phi) is 4.44. The Balaban J connectivity index is 2.01. The van der Waals surface area contributed by atoms with Crippen molar-refractivity contribution in [3.63, 3.8) is 0 Å². The van der Waals surface area contributed by atoms with Gasteiger partial charge in [-0.3, -0.25) is 13.9 Å². The highest BCUT2D eigenvalue weighted by Gasteiger charge is 2.44. The van der Waals surface area contributed by atoms with Gasteiger partial charge in [-0.05, 0) is 19.3 Å². The van der Waals surface area contributed by atoms with E-state index < -0.39 is 30.2 Å². The van der Waals surface area contributed by atoms with Gasteiger partial charge in [0.25, 0.3) is 5.56 Å². The second kappa shape index (κ2) is 6.33. The van der Waals surface area contributed by atoms with Crippen molar-refractivity contribution >= 4 is 0 Å². The summed E-state index contributed by atoms with van der Waals surface area (Å²) < 4.78 is 13.3. The number of hydrogen-bond donors (Lipinski definition) is 2. The van der Waals surface area contributed by atoms with Crippen LogP contribution in [-0.2, 0) is 16.0 Å². The van der Waals surface area contributed by atoms with Crippen LogP contribution in [0.25, 0.3) is 0 Å². The van der Waals surface area contributed by atoms with E-state index in [1.165, 1.54) is 12.3 Å². The maximum absolute atomic E-state index is 12.5. The summed E-state index contributed by atoms with van der Waals surface area (Å²) in [7, 11) is 0. The molecule has 2 N–H and O–H groups in total. The highest BCUT2D eigenvalue weighted by molar-refractivity contribution is 4.94. The number of nitrogens with zero attached hydrogens (tertiary/aromatic N) is 2. The smallest absolute Gasteiger partial charge is 0.333 e. The fraction of sp³-hybridized carbons (Fsp3) is 0.714. The lowest BCUT2D eigenvalue weighted by atomic mass is 10.1. The third kappa shape index (κ3) is 2.74. The topological polar surface area (TPSA) is 103 Å². The van der Waals surface area contributed by atoms with E-state index in [9.17, 15) is 19.8 Å². The van der Waals surface area contributed by atoms with Gasteiger partial charge in [0.1, 0.15) is 18.3 Å². The van der Waals surface area contributed by atoms with Crippen molar-refractivity contribution in [1.82, 2.24) is 9.13 Å². The normalized spacial score (nSPS) is 32.8. The SMILES string of the molecule is O=c1ccn2c(=O)n1CCCCCOC[C@H]1O[C@@H]2[C@H](O)[C@@H]1O. The van der Waals surface area contributed by atoms with Crippen molar-refractivity contribution in [3.8, 4) is 0 Å². The van der Waals surface area contributed by atoms with E-state index in [0.717, 1.165) is 22.0 Å². The molecular weight excluding hydrogens is 292 g/mol. The molecule has 0 unspecified atom stereocenters. The maximum Gasteiger partial charge on any atom is 0.333 e. The lowest BCUT2D eigenvalue weighted by molar-refractivity contribution is -0.0687. The summed E-state index contributed by atoms with van der Waals surface area (Å²) >= 11 is 0. The van der Waals surface area contributed by atoms with Crippen LogP contribution in [0.3, 0.4) is 0 Å². The largest absolute Gasteiger partial charge is 0.387 e. The molecule has 1 aromatic heterocycles. The molecule has 0 radical (unpaired) electrons. The number of ether oxygens (including phenoxy) is 2. The van der Waals surface area contributed by atoms with Gasteiger partial charge >= 0.3 is 5.69 Å². The third-order valence-corrected chi connectivity index (χ3v) is 4.16. The minimum absolute atomic E-state index is 0.156. The number of aromatic nitrogens is 2. The van der Waals surface area contributed by atoms with Crippen LogP contribution >= 0.6 is 0 Å². The standard InChI is InChI=1S/C14H20N2O6/c17-10-4-6-16-13-12(19)11(18)9(22-13)8-21-7-3-1-2-5-15(10)14(16)20/h4,6,9,11-13,18-19H,1-3,5,7-8H2/t9-,11-,12-,13-/m1/s1. The molecule has 0 spiro atoms. The molecule has 0 saturated carbocycles. The number of rotatable bonds is 0. The Morgan fingerprint density at radius 1 is 1.14 bits per heavy atom. The van der Waals surface area contributed by atoms with Gasteiger partial charge in [-0.15, -0.1) is 0 Å². The van der Waals surface area contributed by atoms with Crippen molar-refractivity contribution < 1.29 is 19.7 Å². The molecule has 3 heterocycles. The Bertz CT molecular complexity index is 639. The molecule has 0 aromatic carbocycles. The van der Waals surface area contributed by atoms with Crippen LogP contribution in [0.2, 0.25) is 0 Å². The fourth-order valence-electron chi connectivity index (χ4n) is 2.88. The minimum atomic E-state index is -1.25. The van der Waals surface area contributed by atoms with Crippen LogP contribution in [0.15, 0.2) is 21.9 Å². The molecule has 1 fully saturated rings. The van der Waals surface area contributed by atoms with Crippen LogP contribution in [0.4, 0.5) is 0 Å². The van der Waals surface area contributed by atoms with E-state index in [1.54, 1.807) is 0 Å². The van der Waals surface area contributed by atoms with E-state index >= 15 is 0 Å². The first-order valence-electron chi connectivity index (χ1n) is 7.51. The zero-order valence-electron chi connectivity index (χ0n) is 12.1. The third-order valence-electron chi connectivity index (χ3n) is 4.16. The minimum Gasteiger partial charge on any atom is -0.387 e. The number of aliphatic hydroxyl groups excluding tert-OH is 2. The Morgan fingerprint density at radius 2 is 1.95 bits per heavy atom. The van der Waals surface area contributed by atoms with Crippen molar-refractivity contribution in [2.45, 2.75) is 50.3 Å². The molecule has 8 nitrogen and oxygen atoms in total. The monoisotopic (exact) mass is 312 g/mol.